The number of aliphatic hydroxyl groups excluding tert-OH is 1. The van der Waals surface area contributed by atoms with Crippen molar-refractivity contribution in [2.75, 3.05) is 6.61 Å². The predicted molar refractivity (Wildman–Crippen MR) is 151 cm³/mol. The van der Waals surface area contributed by atoms with Crippen LogP contribution in [0, 0.1) is 0 Å². The van der Waals surface area contributed by atoms with E-state index in [2.05, 4.69) is 94.4 Å². The normalized spacial score (nSPS) is 22.6. The molecule has 1 fully saturated rings. The van der Waals surface area contributed by atoms with Crippen LogP contribution < -0.4 is 10.4 Å². The van der Waals surface area contributed by atoms with Crippen molar-refractivity contribution in [1.82, 2.24) is 0 Å². The number of ether oxygens (including phenoxy) is 1. The van der Waals surface area contributed by atoms with Crippen LogP contribution in [0.25, 0.3) is 0 Å². The summed E-state index contributed by atoms with van der Waals surface area (Å²) in [6.07, 6.45) is 4.26. The van der Waals surface area contributed by atoms with Crippen LogP contribution in [0.1, 0.15) is 74.1 Å². The number of hydrogen-bond acceptors (Lipinski definition) is 4. The van der Waals surface area contributed by atoms with E-state index < -0.39 is 25.6 Å². The first-order valence-electron chi connectivity index (χ1n) is 13.3. The minimum absolute atomic E-state index is 0.0565. The molecule has 3 rings (SSSR count). The third kappa shape index (κ3) is 6.38. The second-order valence-electron chi connectivity index (χ2n) is 12.2. The minimum atomic E-state index is -2.56. The summed E-state index contributed by atoms with van der Waals surface area (Å²) in [7, 11) is -2.56. The maximum atomic E-state index is 10.9. The van der Waals surface area contributed by atoms with Crippen molar-refractivity contribution in [2.24, 2.45) is 0 Å². The minimum Gasteiger partial charge on any atom is -0.404 e. The number of allylic oxidation sites excluding steroid dienone is 1. The largest absolute Gasteiger partial charge is 0.404 e. The van der Waals surface area contributed by atoms with Gasteiger partial charge >= 0.3 is 0 Å². The molecule has 1 saturated heterocycles. The van der Waals surface area contributed by atoms with Gasteiger partial charge in [-0.15, -0.1) is 0 Å². The zero-order chi connectivity index (χ0) is 26.6. The van der Waals surface area contributed by atoms with Crippen molar-refractivity contribution < 1.29 is 19.4 Å². The van der Waals surface area contributed by atoms with Gasteiger partial charge in [-0.3, -0.25) is 0 Å². The quantitative estimate of drug-likeness (QED) is 0.334. The van der Waals surface area contributed by atoms with Crippen LogP contribution in [-0.2, 0) is 9.16 Å². The van der Waals surface area contributed by atoms with Gasteiger partial charge in [0.25, 0.3) is 8.32 Å². The smallest absolute Gasteiger partial charge is 0.261 e. The van der Waals surface area contributed by atoms with Crippen molar-refractivity contribution in [3.05, 3.63) is 72.3 Å². The molecule has 1 aliphatic rings. The third-order valence-corrected chi connectivity index (χ3v) is 12.8. The lowest BCUT2D eigenvalue weighted by Gasteiger charge is -2.42. The summed E-state index contributed by atoms with van der Waals surface area (Å²) in [6.45, 7) is 15.0. The summed E-state index contributed by atoms with van der Waals surface area (Å²) in [5, 5.41) is 23.7. The van der Waals surface area contributed by atoms with Crippen LogP contribution in [-0.4, -0.2) is 48.5 Å². The Balaban J connectivity index is 1.71. The summed E-state index contributed by atoms with van der Waals surface area (Å²) >= 11 is 0. The molecule has 2 aromatic carbocycles. The molecule has 36 heavy (non-hydrogen) atoms. The molecule has 1 heterocycles. The van der Waals surface area contributed by atoms with Crippen LogP contribution in [0.2, 0.25) is 5.04 Å². The van der Waals surface area contributed by atoms with E-state index in [-0.39, 0.29) is 11.1 Å². The summed E-state index contributed by atoms with van der Waals surface area (Å²) in [5.74, 6) is 0. The molecule has 0 bridgehead atoms. The van der Waals surface area contributed by atoms with Crippen molar-refractivity contribution >= 4 is 18.7 Å². The fourth-order valence-electron chi connectivity index (χ4n) is 5.45. The van der Waals surface area contributed by atoms with Gasteiger partial charge in [0, 0.05) is 0 Å². The van der Waals surface area contributed by atoms with Gasteiger partial charge in [0.1, 0.15) is 0 Å². The Morgan fingerprint density at radius 2 is 1.58 bits per heavy atom. The zero-order valence-electron chi connectivity index (χ0n) is 23.3. The molecule has 1 aliphatic heterocycles. The van der Waals surface area contributed by atoms with Crippen molar-refractivity contribution in [3.8, 4) is 0 Å². The molecular weight excluding hydrogens is 464 g/mol. The number of benzene rings is 2. The monoisotopic (exact) mass is 510 g/mol. The summed E-state index contributed by atoms with van der Waals surface area (Å²) in [5.41, 5.74) is -0.310. The highest BCUT2D eigenvalue weighted by Gasteiger charge is 2.50. The van der Waals surface area contributed by atoms with Crippen molar-refractivity contribution in [1.29, 1.82) is 0 Å². The molecule has 2 aromatic rings. The number of rotatable bonds is 10. The number of hydrogen-bond donors (Lipinski definition) is 2. The SMILES string of the molecule is C/C(=C\CO[Si](c1ccccc1)(c1ccccc1)C(C)(C)C)CC[C@H](O)[C@]1(C)CC[C@H](C(C)(C)O)O1. The van der Waals surface area contributed by atoms with E-state index in [9.17, 15) is 10.2 Å². The average Bonchev–Trinajstić information content (AvgIpc) is 3.25. The molecule has 3 atom stereocenters. The Hall–Kier alpha value is -1.76. The Morgan fingerprint density at radius 3 is 2.03 bits per heavy atom. The van der Waals surface area contributed by atoms with E-state index in [0.717, 1.165) is 19.3 Å². The molecule has 5 heteroatoms. The summed E-state index contributed by atoms with van der Waals surface area (Å²) in [4.78, 5) is 0. The molecule has 0 radical (unpaired) electrons. The van der Waals surface area contributed by atoms with E-state index in [1.807, 2.05) is 6.92 Å². The Kier molecular flexibility index (Phi) is 9.06. The van der Waals surface area contributed by atoms with E-state index >= 15 is 0 Å². The van der Waals surface area contributed by atoms with E-state index in [1.54, 1.807) is 13.8 Å². The molecular formula is C31H46O4Si. The highest BCUT2D eigenvalue weighted by molar-refractivity contribution is 6.99. The molecule has 2 N–H and O–H groups in total. The highest BCUT2D eigenvalue weighted by Crippen LogP contribution is 2.39. The van der Waals surface area contributed by atoms with Gasteiger partial charge in [-0.2, -0.15) is 0 Å². The fraction of sp³-hybridized carbons (Fsp3) is 0.548. The first-order valence-corrected chi connectivity index (χ1v) is 15.2. The van der Waals surface area contributed by atoms with E-state index in [0.29, 0.717) is 13.0 Å². The van der Waals surface area contributed by atoms with Gasteiger partial charge in [-0.1, -0.05) is 93.1 Å². The Labute approximate surface area is 219 Å². The predicted octanol–water partition coefficient (Wildman–Crippen LogP) is 5.36. The van der Waals surface area contributed by atoms with Crippen LogP contribution in [0.5, 0.6) is 0 Å². The van der Waals surface area contributed by atoms with Crippen LogP contribution in [0.3, 0.4) is 0 Å². The molecule has 198 valence electrons. The van der Waals surface area contributed by atoms with Crippen LogP contribution in [0.4, 0.5) is 0 Å². The lowest BCUT2D eigenvalue weighted by atomic mass is 9.90. The van der Waals surface area contributed by atoms with Crippen molar-refractivity contribution in [3.63, 3.8) is 0 Å². The molecule has 0 unspecified atom stereocenters. The molecule has 0 amide bonds. The first-order chi connectivity index (χ1) is 16.8. The first kappa shape index (κ1) is 28.8. The van der Waals surface area contributed by atoms with E-state index in [1.165, 1.54) is 15.9 Å². The van der Waals surface area contributed by atoms with Gasteiger partial charge in [0.2, 0.25) is 0 Å². The maximum Gasteiger partial charge on any atom is 0.261 e. The average molecular weight is 511 g/mol. The second-order valence-corrected chi connectivity index (χ2v) is 16.5. The Bertz CT molecular complexity index is 951. The van der Waals surface area contributed by atoms with Gasteiger partial charge in [-0.25, -0.2) is 0 Å². The molecule has 4 nitrogen and oxygen atoms in total. The van der Waals surface area contributed by atoms with Gasteiger partial charge in [0.05, 0.1) is 30.0 Å². The topological polar surface area (TPSA) is 58.9 Å². The summed E-state index contributed by atoms with van der Waals surface area (Å²) < 4.78 is 13.1. The van der Waals surface area contributed by atoms with Crippen molar-refractivity contribution in [2.45, 2.75) is 103 Å². The number of aliphatic hydroxyl groups is 2. The fourth-order valence-corrected chi connectivity index (χ4v) is 9.93. The standard InChI is InChI=1S/C31H46O4Si/c1-24(18-19-27(32)31(7)22-20-28(35-31)30(5,6)33)21-23-34-36(29(2,3)4,25-14-10-8-11-15-25)26-16-12-9-13-17-26/h8-17,21,27-28,32-33H,18-20,22-23H2,1-7H3/b24-21+/t27-,28+,31-/m0/s1. The zero-order valence-corrected chi connectivity index (χ0v) is 24.3. The molecule has 0 aliphatic carbocycles. The van der Waals surface area contributed by atoms with Gasteiger partial charge in [-0.05, 0) is 68.8 Å². The lowest BCUT2D eigenvalue weighted by molar-refractivity contribution is -0.153. The second kappa shape index (κ2) is 11.3. The van der Waals surface area contributed by atoms with Gasteiger partial charge in [0.15, 0.2) is 0 Å². The third-order valence-electron chi connectivity index (χ3n) is 7.77. The van der Waals surface area contributed by atoms with E-state index in [4.69, 9.17) is 9.16 Å². The molecule has 0 spiro atoms. The van der Waals surface area contributed by atoms with Crippen LogP contribution in [0.15, 0.2) is 72.3 Å². The highest BCUT2D eigenvalue weighted by atomic mass is 28.4. The molecule has 0 aromatic heterocycles. The lowest BCUT2D eigenvalue weighted by Crippen LogP contribution is -2.66. The summed E-state index contributed by atoms with van der Waals surface area (Å²) in [6, 6.07) is 21.4. The van der Waals surface area contributed by atoms with Crippen LogP contribution >= 0.6 is 0 Å². The molecule has 0 saturated carbocycles. The van der Waals surface area contributed by atoms with Gasteiger partial charge < -0.3 is 19.4 Å². The maximum absolute atomic E-state index is 10.9. The Morgan fingerprint density at radius 1 is 1.06 bits per heavy atom.